The van der Waals surface area contributed by atoms with Crippen LogP contribution in [0.3, 0.4) is 0 Å². The van der Waals surface area contributed by atoms with E-state index in [4.69, 9.17) is 0 Å². The number of hydrogen-bond acceptors (Lipinski definition) is 3. The summed E-state index contributed by atoms with van der Waals surface area (Å²) in [6.07, 6.45) is 0. The van der Waals surface area contributed by atoms with Gasteiger partial charge in [0.2, 0.25) is 5.91 Å². The Kier molecular flexibility index (Phi) is 4.11. The van der Waals surface area contributed by atoms with E-state index in [0.717, 1.165) is 11.0 Å². The number of nitrogens with one attached hydrogen (secondary N) is 1. The van der Waals surface area contributed by atoms with Crippen molar-refractivity contribution in [2.75, 3.05) is 11.9 Å². The molecule has 5 nitrogen and oxygen atoms in total. The van der Waals surface area contributed by atoms with Crippen LogP contribution in [0.4, 0.5) is 18.9 Å². The first-order chi connectivity index (χ1) is 13.4. The second-order valence-corrected chi connectivity index (χ2v) is 6.18. The van der Waals surface area contributed by atoms with Gasteiger partial charge in [-0.2, -0.15) is 0 Å². The molecule has 0 aromatic heterocycles. The summed E-state index contributed by atoms with van der Waals surface area (Å²) in [5, 5.41) is 3.26. The van der Waals surface area contributed by atoms with Crippen LogP contribution in [0.15, 0.2) is 48.5 Å². The standard InChI is InChI=1S/C20H11F3N2O3/c21-13-7-8-14(18(23)17(13)22)24-15(26)9-25-19(27)11-5-1-3-10-4-2-6-12(16(10)11)20(25)28/h1-8H,9H2,(H,24,26). The fourth-order valence-electron chi connectivity index (χ4n) is 3.18. The number of halogens is 3. The molecule has 28 heavy (non-hydrogen) atoms. The molecular weight excluding hydrogens is 373 g/mol. The van der Waals surface area contributed by atoms with Crippen LogP contribution in [0.5, 0.6) is 0 Å². The van der Waals surface area contributed by atoms with Crippen LogP contribution in [0, 0.1) is 17.5 Å². The molecule has 0 atom stereocenters. The van der Waals surface area contributed by atoms with Crippen molar-refractivity contribution in [1.82, 2.24) is 4.90 Å². The Morgan fingerprint density at radius 1 is 0.857 bits per heavy atom. The second-order valence-electron chi connectivity index (χ2n) is 6.18. The highest BCUT2D eigenvalue weighted by molar-refractivity contribution is 6.26. The van der Waals surface area contributed by atoms with E-state index in [-0.39, 0.29) is 11.1 Å². The summed E-state index contributed by atoms with van der Waals surface area (Å²) < 4.78 is 40.0. The number of imide groups is 1. The van der Waals surface area contributed by atoms with Crippen molar-refractivity contribution in [3.63, 3.8) is 0 Å². The number of hydrogen-bond donors (Lipinski definition) is 1. The van der Waals surface area contributed by atoms with Crippen LogP contribution < -0.4 is 5.32 Å². The van der Waals surface area contributed by atoms with Gasteiger partial charge in [0.1, 0.15) is 6.54 Å². The average Bonchev–Trinajstić information content (AvgIpc) is 2.69. The fourth-order valence-corrected chi connectivity index (χ4v) is 3.18. The van der Waals surface area contributed by atoms with Gasteiger partial charge >= 0.3 is 0 Å². The van der Waals surface area contributed by atoms with Gasteiger partial charge < -0.3 is 5.32 Å². The van der Waals surface area contributed by atoms with E-state index in [9.17, 15) is 27.6 Å². The molecule has 1 N–H and O–H groups in total. The van der Waals surface area contributed by atoms with E-state index in [1.807, 2.05) is 5.32 Å². The van der Waals surface area contributed by atoms with Gasteiger partial charge in [0.25, 0.3) is 11.8 Å². The molecule has 0 saturated heterocycles. The van der Waals surface area contributed by atoms with Crippen LogP contribution in [-0.4, -0.2) is 29.2 Å². The number of anilines is 1. The predicted molar refractivity (Wildman–Crippen MR) is 94.3 cm³/mol. The molecule has 1 heterocycles. The largest absolute Gasteiger partial charge is 0.322 e. The van der Waals surface area contributed by atoms with Crippen molar-refractivity contribution < 1.29 is 27.6 Å². The Morgan fingerprint density at radius 2 is 1.46 bits per heavy atom. The third-order valence-corrected chi connectivity index (χ3v) is 4.47. The second kappa shape index (κ2) is 6.49. The minimum absolute atomic E-state index is 0.263. The Labute approximate surface area is 156 Å². The Balaban J connectivity index is 1.62. The van der Waals surface area contributed by atoms with E-state index in [1.165, 1.54) is 0 Å². The smallest absolute Gasteiger partial charge is 0.261 e. The van der Waals surface area contributed by atoms with Gasteiger partial charge in [0.15, 0.2) is 17.5 Å². The number of nitrogens with zero attached hydrogens (tertiary/aromatic N) is 1. The lowest BCUT2D eigenvalue weighted by Gasteiger charge is -2.26. The molecule has 0 saturated carbocycles. The highest BCUT2D eigenvalue weighted by Crippen LogP contribution is 2.30. The molecule has 0 spiro atoms. The molecule has 0 unspecified atom stereocenters. The van der Waals surface area contributed by atoms with E-state index in [0.29, 0.717) is 16.8 Å². The molecular formula is C20H11F3N2O3. The monoisotopic (exact) mass is 384 g/mol. The van der Waals surface area contributed by atoms with Crippen LogP contribution in [-0.2, 0) is 4.79 Å². The maximum Gasteiger partial charge on any atom is 0.261 e. The van der Waals surface area contributed by atoms with E-state index < -0.39 is 47.4 Å². The topological polar surface area (TPSA) is 66.5 Å². The first-order valence-electron chi connectivity index (χ1n) is 8.20. The van der Waals surface area contributed by atoms with Gasteiger partial charge in [0.05, 0.1) is 5.69 Å². The number of carbonyl (C=O) groups excluding carboxylic acids is 3. The van der Waals surface area contributed by atoms with Crippen LogP contribution in [0.2, 0.25) is 0 Å². The third-order valence-electron chi connectivity index (χ3n) is 4.47. The lowest BCUT2D eigenvalue weighted by atomic mass is 9.94. The van der Waals surface area contributed by atoms with Crippen molar-refractivity contribution in [2.45, 2.75) is 0 Å². The first kappa shape index (κ1) is 17.7. The summed E-state index contributed by atoms with van der Waals surface area (Å²) in [4.78, 5) is 38.4. The number of amides is 3. The lowest BCUT2D eigenvalue weighted by Crippen LogP contribution is -2.44. The average molecular weight is 384 g/mol. The van der Waals surface area contributed by atoms with Crippen molar-refractivity contribution in [1.29, 1.82) is 0 Å². The van der Waals surface area contributed by atoms with Gasteiger partial charge in [0, 0.05) is 16.5 Å². The quantitative estimate of drug-likeness (QED) is 0.555. The summed E-state index contributed by atoms with van der Waals surface area (Å²) in [6, 6.07) is 11.4. The van der Waals surface area contributed by atoms with Crippen molar-refractivity contribution in [3.8, 4) is 0 Å². The minimum Gasteiger partial charge on any atom is -0.322 e. The molecule has 4 rings (SSSR count). The zero-order valence-corrected chi connectivity index (χ0v) is 14.1. The summed E-state index contributed by atoms with van der Waals surface area (Å²) in [5.41, 5.74) is -0.0673. The maximum atomic E-state index is 13.7. The van der Waals surface area contributed by atoms with Gasteiger partial charge in [-0.3, -0.25) is 19.3 Å². The molecule has 0 aliphatic carbocycles. The van der Waals surface area contributed by atoms with E-state index in [1.54, 1.807) is 36.4 Å². The van der Waals surface area contributed by atoms with E-state index >= 15 is 0 Å². The molecule has 1 aliphatic heterocycles. The zero-order valence-electron chi connectivity index (χ0n) is 14.1. The van der Waals surface area contributed by atoms with Gasteiger partial charge in [-0.05, 0) is 29.7 Å². The number of benzene rings is 3. The van der Waals surface area contributed by atoms with Crippen LogP contribution in [0.25, 0.3) is 10.8 Å². The summed E-state index contributed by atoms with van der Waals surface area (Å²) in [7, 11) is 0. The Hall–Kier alpha value is -3.68. The number of rotatable bonds is 3. The summed E-state index contributed by atoms with van der Waals surface area (Å²) >= 11 is 0. The third kappa shape index (κ3) is 2.70. The zero-order chi connectivity index (χ0) is 20.0. The Morgan fingerprint density at radius 3 is 2.07 bits per heavy atom. The van der Waals surface area contributed by atoms with E-state index in [2.05, 4.69) is 0 Å². The molecule has 0 radical (unpaired) electrons. The van der Waals surface area contributed by atoms with Crippen molar-refractivity contribution in [3.05, 3.63) is 77.1 Å². The van der Waals surface area contributed by atoms with Gasteiger partial charge in [-0.25, -0.2) is 13.2 Å². The van der Waals surface area contributed by atoms with Crippen LogP contribution >= 0.6 is 0 Å². The molecule has 3 amide bonds. The summed E-state index contributed by atoms with van der Waals surface area (Å²) in [6.45, 7) is -0.708. The molecule has 8 heteroatoms. The minimum atomic E-state index is -1.73. The highest BCUT2D eigenvalue weighted by atomic mass is 19.2. The van der Waals surface area contributed by atoms with Crippen molar-refractivity contribution in [2.24, 2.45) is 0 Å². The maximum absolute atomic E-state index is 13.7. The highest BCUT2D eigenvalue weighted by Gasteiger charge is 2.34. The molecule has 0 bridgehead atoms. The lowest BCUT2D eigenvalue weighted by molar-refractivity contribution is -0.116. The molecule has 3 aromatic rings. The van der Waals surface area contributed by atoms with Gasteiger partial charge in [-0.15, -0.1) is 0 Å². The predicted octanol–water partition coefficient (Wildman–Crippen LogP) is 3.49. The molecule has 0 fully saturated rings. The van der Waals surface area contributed by atoms with Gasteiger partial charge in [-0.1, -0.05) is 24.3 Å². The Bertz CT molecular complexity index is 1130. The molecule has 1 aliphatic rings. The first-order valence-corrected chi connectivity index (χ1v) is 8.20. The SMILES string of the molecule is O=C(CN1C(=O)c2cccc3cccc(c23)C1=O)Nc1ccc(F)c(F)c1F. The fraction of sp³-hybridized carbons (Fsp3) is 0.0500. The van der Waals surface area contributed by atoms with Crippen LogP contribution in [0.1, 0.15) is 20.7 Å². The summed E-state index contributed by atoms with van der Waals surface area (Å²) in [5.74, 6) is -6.98. The number of carbonyl (C=O) groups is 3. The molecule has 3 aromatic carbocycles. The molecule has 140 valence electrons. The van der Waals surface area contributed by atoms with Crippen molar-refractivity contribution >= 4 is 34.2 Å². The normalized spacial score (nSPS) is 13.2.